The molecule has 12 nitrogen and oxygen atoms in total. The van der Waals surface area contributed by atoms with Crippen molar-refractivity contribution in [1.82, 2.24) is 40.5 Å². The average Bonchev–Trinajstić information content (AvgIpc) is 3.97. The van der Waals surface area contributed by atoms with Crippen molar-refractivity contribution in [2.45, 2.75) is 39.8 Å². The summed E-state index contributed by atoms with van der Waals surface area (Å²) >= 11 is 0. The lowest BCUT2D eigenvalue weighted by atomic mass is 10.0. The minimum atomic E-state index is -0.381. The molecule has 8 aromatic rings. The quantitative estimate of drug-likeness (QED) is 0.0898. The Kier molecular flexibility index (Phi) is 11.1. The maximum atomic E-state index is 13.7. The Balaban J connectivity index is 0.948. The van der Waals surface area contributed by atoms with Gasteiger partial charge in [0.05, 0.1) is 50.1 Å². The molecule has 302 valence electrons. The van der Waals surface area contributed by atoms with Gasteiger partial charge in [0.2, 0.25) is 11.8 Å². The van der Waals surface area contributed by atoms with E-state index < -0.39 is 0 Å². The van der Waals surface area contributed by atoms with Gasteiger partial charge in [0.1, 0.15) is 23.0 Å². The normalized spacial score (nSPS) is 12.5. The van der Waals surface area contributed by atoms with Crippen LogP contribution < -0.4 is 20.1 Å². The Hall–Kier alpha value is -7.34. The number of fused-ring (bicyclic) bond motifs is 2. The van der Waals surface area contributed by atoms with Gasteiger partial charge >= 0.3 is 0 Å². The van der Waals surface area contributed by atoms with Crippen molar-refractivity contribution in [3.05, 3.63) is 145 Å². The summed E-state index contributed by atoms with van der Waals surface area (Å²) < 4.78 is 10.8. The van der Waals surface area contributed by atoms with Gasteiger partial charge in [0.25, 0.3) is 11.8 Å². The first-order valence-corrected chi connectivity index (χ1v) is 19.9. The van der Waals surface area contributed by atoms with Gasteiger partial charge in [0.15, 0.2) is 0 Å². The summed E-state index contributed by atoms with van der Waals surface area (Å²) in [5.74, 6) is 1.57. The van der Waals surface area contributed by atoms with Gasteiger partial charge in [-0.2, -0.15) is 0 Å². The molecule has 0 saturated carbocycles. The van der Waals surface area contributed by atoms with E-state index in [2.05, 4.69) is 79.1 Å². The van der Waals surface area contributed by atoms with Gasteiger partial charge in [-0.25, -0.2) is 19.9 Å². The van der Waals surface area contributed by atoms with Gasteiger partial charge in [-0.05, 0) is 44.9 Å². The molecule has 60 heavy (non-hydrogen) atoms. The number of amides is 2. The fraction of sp³-hybridized carbons (Fsp3) is 0.208. The highest BCUT2D eigenvalue weighted by Gasteiger charge is 2.26. The van der Waals surface area contributed by atoms with Crippen molar-refractivity contribution in [3.63, 3.8) is 0 Å². The number of hydrogen-bond donors (Lipinski definition) is 4. The summed E-state index contributed by atoms with van der Waals surface area (Å²) in [6.07, 6.45) is 3.59. The van der Waals surface area contributed by atoms with Gasteiger partial charge in [-0.15, -0.1) is 0 Å². The minimum Gasteiger partial charge on any atom is -0.481 e. The molecule has 0 spiro atoms. The highest BCUT2D eigenvalue weighted by atomic mass is 16.5. The predicted octanol–water partition coefficient (Wildman–Crippen LogP) is 9.50. The van der Waals surface area contributed by atoms with E-state index in [4.69, 9.17) is 19.4 Å². The van der Waals surface area contributed by atoms with Gasteiger partial charge in [0, 0.05) is 22.9 Å². The molecule has 0 fully saturated rings. The van der Waals surface area contributed by atoms with Crippen LogP contribution in [0.4, 0.5) is 0 Å². The van der Waals surface area contributed by atoms with E-state index >= 15 is 0 Å². The van der Waals surface area contributed by atoms with Crippen LogP contribution in [0, 0.1) is 11.8 Å². The first-order valence-electron chi connectivity index (χ1n) is 19.9. The average molecular weight is 799 g/mol. The van der Waals surface area contributed by atoms with Crippen LogP contribution in [0.5, 0.6) is 11.8 Å². The van der Waals surface area contributed by atoms with Crippen LogP contribution in [-0.4, -0.2) is 55.9 Å². The van der Waals surface area contributed by atoms with E-state index in [1.807, 2.05) is 88.4 Å². The van der Waals surface area contributed by atoms with E-state index in [9.17, 15) is 9.59 Å². The first kappa shape index (κ1) is 39.5. The molecule has 0 unspecified atom stereocenters. The standard InChI is InChI=1S/C48H46N8O4/c1-27(2)41(55-47(57)43-35-13-9-7-11-33(35)23-39(53-43)59-5)45-49-25-37(51-45)31-19-15-29(16-20-31)30-17-21-32(22-18-30)38-26-50-46(52-38)42(28(3)4)56-48(58)44-36-14-10-8-12-34(36)24-40(54-44)60-6/h7-28,41-42H,1-6H3,(H,49,51)(H,50,52)(H,55,57)(H,56,58)/t41-,42-/m0/s1. The number of pyridine rings is 2. The van der Waals surface area contributed by atoms with Crippen molar-refractivity contribution in [2.24, 2.45) is 11.8 Å². The summed E-state index contributed by atoms with van der Waals surface area (Å²) in [7, 11) is 3.08. The van der Waals surface area contributed by atoms with Crippen LogP contribution in [0.15, 0.2) is 122 Å². The van der Waals surface area contributed by atoms with E-state index in [-0.39, 0.29) is 35.7 Å². The van der Waals surface area contributed by atoms with Gasteiger partial charge in [-0.3, -0.25) is 9.59 Å². The molecule has 0 aliphatic carbocycles. The van der Waals surface area contributed by atoms with Crippen molar-refractivity contribution in [2.75, 3.05) is 14.2 Å². The Morgan fingerprint density at radius 3 is 1.27 bits per heavy atom. The number of carbonyl (C=O) groups excluding carboxylic acids is 2. The molecule has 4 heterocycles. The lowest BCUT2D eigenvalue weighted by Crippen LogP contribution is -2.33. The van der Waals surface area contributed by atoms with Crippen molar-refractivity contribution in [1.29, 1.82) is 0 Å². The highest BCUT2D eigenvalue weighted by molar-refractivity contribution is 6.06. The third-order valence-electron chi connectivity index (χ3n) is 10.7. The number of imidazole rings is 2. The highest BCUT2D eigenvalue weighted by Crippen LogP contribution is 2.31. The fourth-order valence-electron chi connectivity index (χ4n) is 7.39. The third-order valence-corrected chi connectivity index (χ3v) is 10.7. The number of benzene rings is 4. The molecule has 4 aromatic carbocycles. The molecular weight excluding hydrogens is 753 g/mol. The number of hydrogen-bond acceptors (Lipinski definition) is 8. The smallest absolute Gasteiger partial charge is 0.271 e. The Bertz CT molecular complexity index is 2620. The number of ether oxygens (including phenoxy) is 2. The monoisotopic (exact) mass is 798 g/mol. The summed E-state index contributed by atoms with van der Waals surface area (Å²) in [6, 6.07) is 34.7. The summed E-state index contributed by atoms with van der Waals surface area (Å²) in [5, 5.41) is 9.56. The zero-order valence-electron chi connectivity index (χ0n) is 34.3. The molecule has 4 aromatic heterocycles. The SMILES string of the molecule is COc1cc2ccccc2c(C(=O)N[C@H](c2ncc(-c3ccc(-c4ccc(-c5cnc([C@@H](NC(=O)c6nc(OC)cc7ccccc67)C(C)C)[nH]5)cc4)cc3)[nH]2)C(C)C)n1. The van der Waals surface area contributed by atoms with Crippen molar-refractivity contribution < 1.29 is 19.1 Å². The second-order valence-corrected chi connectivity index (χ2v) is 15.4. The number of nitrogens with zero attached hydrogens (tertiary/aromatic N) is 4. The summed E-state index contributed by atoms with van der Waals surface area (Å²) in [4.78, 5) is 52.6. The first-order chi connectivity index (χ1) is 29.1. The molecule has 0 aliphatic rings. The van der Waals surface area contributed by atoms with Gasteiger partial charge in [-0.1, -0.05) is 125 Å². The summed E-state index contributed by atoms with van der Waals surface area (Å²) in [5.41, 5.74) is 6.35. The molecule has 4 N–H and O–H groups in total. The zero-order chi connectivity index (χ0) is 41.9. The second-order valence-electron chi connectivity index (χ2n) is 15.4. The number of aromatic amines is 2. The molecule has 0 saturated heterocycles. The van der Waals surface area contributed by atoms with Crippen LogP contribution in [0.2, 0.25) is 0 Å². The molecule has 0 bridgehead atoms. The maximum absolute atomic E-state index is 13.7. The summed E-state index contributed by atoms with van der Waals surface area (Å²) in [6.45, 7) is 8.17. The topological polar surface area (TPSA) is 160 Å². The largest absolute Gasteiger partial charge is 0.481 e. The molecular formula is C48H46N8O4. The fourth-order valence-corrected chi connectivity index (χ4v) is 7.39. The van der Waals surface area contributed by atoms with E-state index in [0.29, 0.717) is 34.8 Å². The number of nitrogens with one attached hydrogen (secondary N) is 4. The van der Waals surface area contributed by atoms with Crippen LogP contribution in [0.25, 0.3) is 55.2 Å². The van der Waals surface area contributed by atoms with Crippen LogP contribution >= 0.6 is 0 Å². The maximum Gasteiger partial charge on any atom is 0.271 e. The lowest BCUT2D eigenvalue weighted by molar-refractivity contribution is 0.0911. The molecule has 0 aliphatic heterocycles. The number of aromatic nitrogens is 6. The Morgan fingerprint density at radius 1 is 0.533 bits per heavy atom. The van der Waals surface area contributed by atoms with Crippen molar-refractivity contribution >= 4 is 33.4 Å². The van der Waals surface area contributed by atoms with Crippen molar-refractivity contribution in [3.8, 4) is 45.4 Å². The Morgan fingerprint density at radius 2 is 0.900 bits per heavy atom. The van der Waals surface area contributed by atoms with Gasteiger partial charge < -0.3 is 30.1 Å². The molecule has 8 rings (SSSR count). The molecule has 0 radical (unpaired) electrons. The predicted molar refractivity (Wildman–Crippen MR) is 234 cm³/mol. The van der Waals surface area contributed by atoms with E-state index in [1.165, 1.54) is 0 Å². The Labute approximate surface area is 347 Å². The molecule has 2 amide bonds. The zero-order valence-corrected chi connectivity index (χ0v) is 34.3. The van der Waals surface area contributed by atoms with E-state index in [1.54, 1.807) is 26.6 Å². The van der Waals surface area contributed by atoms with E-state index in [0.717, 1.165) is 55.2 Å². The third kappa shape index (κ3) is 8.04. The lowest BCUT2D eigenvalue weighted by Gasteiger charge is -2.21. The number of H-pyrrole nitrogens is 2. The number of rotatable bonds is 13. The number of carbonyl (C=O) groups is 2. The molecule has 2 atom stereocenters. The van der Waals surface area contributed by atoms with Crippen LogP contribution in [0.3, 0.4) is 0 Å². The van der Waals surface area contributed by atoms with Crippen LogP contribution in [-0.2, 0) is 0 Å². The number of methoxy groups -OCH3 is 2. The van der Waals surface area contributed by atoms with Crippen LogP contribution in [0.1, 0.15) is 72.4 Å². The second kappa shape index (κ2) is 16.9. The minimum absolute atomic E-state index is 0.0457. The molecule has 12 heteroatoms.